The van der Waals surface area contributed by atoms with E-state index in [1.54, 1.807) is 0 Å². The molecule has 1 atom stereocenters. The molecule has 0 saturated carbocycles. The van der Waals surface area contributed by atoms with Crippen LogP contribution in [0.1, 0.15) is 61.8 Å². The van der Waals surface area contributed by atoms with Crippen molar-refractivity contribution in [1.82, 2.24) is 5.32 Å². The van der Waals surface area contributed by atoms with E-state index in [2.05, 4.69) is 5.32 Å². The molecule has 0 spiro atoms. The van der Waals surface area contributed by atoms with Crippen molar-refractivity contribution >= 4 is 11.9 Å². The van der Waals surface area contributed by atoms with Gasteiger partial charge in [-0.25, -0.2) is 4.79 Å². The molecule has 0 aromatic rings. The lowest BCUT2D eigenvalue weighted by Crippen LogP contribution is -2.47. The highest BCUT2D eigenvalue weighted by atomic mass is 16.6. The summed E-state index contributed by atoms with van der Waals surface area (Å²) in [5.41, 5.74) is -0.640. The van der Waals surface area contributed by atoms with E-state index in [0.29, 0.717) is 6.42 Å². The number of nitrogens with one attached hydrogen (secondary N) is 1. The summed E-state index contributed by atoms with van der Waals surface area (Å²) in [5, 5.41) is 2.78. The molecule has 1 amide bonds. The van der Waals surface area contributed by atoms with Crippen LogP contribution in [0.2, 0.25) is 0 Å². The van der Waals surface area contributed by atoms with Crippen LogP contribution in [-0.2, 0) is 14.3 Å². The zero-order chi connectivity index (χ0) is 15.4. The molecule has 0 rings (SSSR count). The SMILES string of the molecule is CC(C)[C@@H](NC(=O)CC(C)(C)C)C(=O)OC(C)(C)C. The normalized spacial score (nSPS) is 14.2. The Morgan fingerprint density at radius 3 is 1.84 bits per heavy atom. The smallest absolute Gasteiger partial charge is 0.329 e. The molecule has 1 N–H and O–H groups in total. The third-order valence-corrected chi connectivity index (χ3v) is 2.33. The molecule has 0 fully saturated rings. The predicted molar refractivity (Wildman–Crippen MR) is 76.7 cm³/mol. The molecule has 4 heteroatoms. The Morgan fingerprint density at radius 1 is 1.05 bits per heavy atom. The second kappa shape index (κ2) is 6.40. The summed E-state index contributed by atoms with van der Waals surface area (Å²) < 4.78 is 5.34. The molecule has 0 aliphatic carbocycles. The first kappa shape index (κ1) is 17.9. The van der Waals surface area contributed by atoms with Gasteiger partial charge >= 0.3 is 5.97 Å². The average molecular weight is 271 g/mol. The van der Waals surface area contributed by atoms with Gasteiger partial charge in [0.25, 0.3) is 0 Å². The van der Waals surface area contributed by atoms with Crippen molar-refractivity contribution in [2.75, 3.05) is 0 Å². The quantitative estimate of drug-likeness (QED) is 0.800. The van der Waals surface area contributed by atoms with Crippen LogP contribution in [-0.4, -0.2) is 23.5 Å². The maximum atomic E-state index is 12.1. The second-order valence-corrected chi connectivity index (χ2v) is 7.56. The molecule has 0 heterocycles. The van der Waals surface area contributed by atoms with Gasteiger partial charge in [0.1, 0.15) is 11.6 Å². The summed E-state index contributed by atoms with van der Waals surface area (Å²) in [5.74, 6) is -0.486. The van der Waals surface area contributed by atoms with Crippen LogP contribution >= 0.6 is 0 Å². The van der Waals surface area contributed by atoms with Crippen molar-refractivity contribution in [2.45, 2.75) is 73.5 Å². The maximum Gasteiger partial charge on any atom is 0.329 e. The predicted octanol–water partition coefficient (Wildman–Crippen LogP) is 2.91. The fraction of sp³-hybridized carbons (Fsp3) is 0.867. The van der Waals surface area contributed by atoms with Crippen LogP contribution in [0.3, 0.4) is 0 Å². The number of carbonyl (C=O) groups excluding carboxylic acids is 2. The lowest BCUT2D eigenvalue weighted by molar-refractivity contribution is -0.160. The number of rotatable bonds is 4. The average Bonchev–Trinajstić information content (AvgIpc) is 2.07. The van der Waals surface area contributed by atoms with Gasteiger partial charge in [0.2, 0.25) is 5.91 Å². The zero-order valence-electron chi connectivity index (χ0n) is 13.6. The van der Waals surface area contributed by atoms with Crippen LogP contribution in [0.5, 0.6) is 0 Å². The van der Waals surface area contributed by atoms with Gasteiger partial charge in [0.15, 0.2) is 0 Å². The van der Waals surface area contributed by atoms with Crippen molar-refractivity contribution in [3.63, 3.8) is 0 Å². The third-order valence-electron chi connectivity index (χ3n) is 2.33. The minimum absolute atomic E-state index is 0.00114. The molecule has 112 valence electrons. The molecule has 0 aliphatic rings. The molecule has 19 heavy (non-hydrogen) atoms. The maximum absolute atomic E-state index is 12.1. The van der Waals surface area contributed by atoms with Crippen molar-refractivity contribution in [3.05, 3.63) is 0 Å². The molecule has 0 aromatic heterocycles. The summed E-state index contributed by atoms with van der Waals surface area (Å²) in [4.78, 5) is 24.0. The van der Waals surface area contributed by atoms with Crippen molar-refractivity contribution in [3.8, 4) is 0 Å². The summed E-state index contributed by atoms with van der Waals surface area (Å²) >= 11 is 0. The number of esters is 1. The number of hydrogen-bond donors (Lipinski definition) is 1. The number of amides is 1. The Bertz CT molecular complexity index is 321. The summed E-state index contributed by atoms with van der Waals surface area (Å²) in [7, 11) is 0. The van der Waals surface area contributed by atoms with Gasteiger partial charge in [-0.15, -0.1) is 0 Å². The molecule has 0 aliphatic heterocycles. The minimum Gasteiger partial charge on any atom is -0.458 e. The molecule has 0 saturated heterocycles. The first-order chi connectivity index (χ1) is 8.32. The fourth-order valence-electron chi connectivity index (χ4n) is 1.57. The van der Waals surface area contributed by atoms with Gasteiger partial charge in [-0.3, -0.25) is 4.79 Å². The van der Waals surface area contributed by atoms with Gasteiger partial charge in [0.05, 0.1) is 0 Å². The van der Waals surface area contributed by atoms with Crippen LogP contribution in [0, 0.1) is 11.3 Å². The second-order valence-electron chi connectivity index (χ2n) is 7.56. The monoisotopic (exact) mass is 271 g/mol. The Labute approximate surface area is 117 Å². The lowest BCUT2D eigenvalue weighted by atomic mass is 9.91. The van der Waals surface area contributed by atoms with Gasteiger partial charge in [-0.2, -0.15) is 0 Å². The van der Waals surface area contributed by atoms with E-state index < -0.39 is 11.6 Å². The van der Waals surface area contributed by atoms with Gasteiger partial charge < -0.3 is 10.1 Å². The minimum atomic E-state index is -0.589. The molecular formula is C15H29NO3. The molecule has 0 aromatic carbocycles. The number of hydrogen-bond acceptors (Lipinski definition) is 3. The van der Waals surface area contributed by atoms with Crippen LogP contribution < -0.4 is 5.32 Å². The summed E-state index contributed by atoms with van der Waals surface area (Å²) in [6, 6.07) is -0.589. The highest BCUT2D eigenvalue weighted by Gasteiger charge is 2.30. The first-order valence-corrected chi connectivity index (χ1v) is 6.84. The Kier molecular flexibility index (Phi) is 6.04. The van der Waals surface area contributed by atoms with E-state index in [9.17, 15) is 9.59 Å². The van der Waals surface area contributed by atoms with Gasteiger partial charge in [-0.05, 0) is 32.1 Å². The third kappa shape index (κ3) is 8.62. The van der Waals surface area contributed by atoms with Crippen LogP contribution in [0.25, 0.3) is 0 Å². The van der Waals surface area contributed by atoms with E-state index in [0.717, 1.165) is 0 Å². The van der Waals surface area contributed by atoms with Crippen molar-refractivity contribution in [2.24, 2.45) is 11.3 Å². The highest BCUT2D eigenvalue weighted by Crippen LogP contribution is 2.19. The summed E-state index contributed by atoms with van der Waals surface area (Å²) in [6.45, 7) is 15.2. The molecular weight excluding hydrogens is 242 g/mol. The van der Waals surface area contributed by atoms with Gasteiger partial charge in [-0.1, -0.05) is 34.6 Å². The molecule has 0 radical (unpaired) electrons. The molecule has 4 nitrogen and oxygen atoms in total. The van der Waals surface area contributed by atoms with E-state index in [4.69, 9.17) is 4.74 Å². The number of ether oxygens (including phenoxy) is 1. The standard InChI is InChI=1S/C15H29NO3/c1-10(2)12(13(18)19-15(6,7)8)16-11(17)9-14(3,4)5/h10,12H,9H2,1-8H3,(H,16,17)/t12-/m1/s1. The fourth-order valence-corrected chi connectivity index (χ4v) is 1.57. The Hall–Kier alpha value is -1.06. The van der Waals surface area contributed by atoms with Crippen LogP contribution in [0.15, 0.2) is 0 Å². The van der Waals surface area contributed by atoms with E-state index in [1.165, 1.54) is 0 Å². The van der Waals surface area contributed by atoms with E-state index in [-0.39, 0.29) is 23.2 Å². The van der Waals surface area contributed by atoms with Gasteiger partial charge in [0, 0.05) is 6.42 Å². The topological polar surface area (TPSA) is 55.4 Å². The molecule has 0 unspecified atom stereocenters. The van der Waals surface area contributed by atoms with Crippen molar-refractivity contribution in [1.29, 1.82) is 0 Å². The first-order valence-electron chi connectivity index (χ1n) is 6.84. The van der Waals surface area contributed by atoms with E-state index in [1.807, 2.05) is 55.4 Å². The number of carbonyl (C=O) groups is 2. The largest absolute Gasteiger partial charge is 0.458 e. The van der Waals surface area contributed by atoms with E-state index >= 15 is 0 Å². The highest BCUT2D eigenvalue weighted by molar-refractivity contribution is 5.85. The lowest BCUT2D eigenvalue weighted by Gasteiger charge is -2.27. The van der Waals surface area contributed by atoms with Crippen LogP contribution in [0.4, 0.5) is 0 Å². The van der Waals surface area contributed by atoms with Crippen molar-refractivity contribution < 1.29 is 14.3 Å². The zero-order valence-corrected chi connectivity index (χ0v) is 13.6. The Morgan fingerprint density at radius 2 is 1.53 bits per heavy atom. The summed E-state index contributed by atoms with van der Waals surface area (Å²) in [6.07, 6.45) is 0.388. The molecule has 0 bridgehead atoms. The Balaban J connectivity index is 4.67.